The lowest BCUT2D eigenvalue weighted by atomic mass is 9.85. The summed E-state index contributed by atoms with van der Waals surface area (Å²) in [6.45, 7) is 15.0. The minimum absolute atomic E-state index is 0.0182. The molecule has 19 heavy (non-hydrogen) atoms. The summed E-state index contributed by atoms with van der Waals surface area (Å²) in [5.41, 5.74) is 0.274. The maximum Gasteiger partial charge on any atom is 0.0933 e. The predicted octanol–water partition coefficient (Wildman–Crippen LogP) is 1.48. The van der Waals surface area contributed by atoms with E-state index < -0.39 is 0 Å². The monoisotopic (exact) mass is 272 g/mol. The molecule has 2 N–H and O–H groups in total. The summed E-state index contributed by atoms with van der Waals surface area (Å²) in [5, 5.41) is 12.8. The predicted molar refractivity (Wildman–Crippen MR) is 79.4 cm³/mol. The van der Waals surface area contributed by atoms with Crippen LogP contribution in [0.3, 0.4) is 0 Å². The highest BCUT2D eigenvalue weighted by molar-refractivity contribution is 4.85. The molecule has 1 aliphatic rings. The molecule has 4 nitrogen and oxygen atoms in total. The van der Waals surface area contributed by atoms with E-state index in [1.165, 1.54) is 0 Å². The lowest BCUT2D eigenvalue weighted by Gasteiger charge is -2.43. The van der Waals surface area contributed by atoms with E-state index in [0.717, 1.165) is 32.7 Å². The number of rotatable bonds is 7. The van der Waals surface area contributed by atoms with Gasteiger partial charge in [0.05, 0.1) is 19.3 Å². The van der Waals surface area contributed by atoms with E-state index >= 15 is 0 Å². The lowest BCUT2D eigenvalue weighted by molar-refractivity contribution is -0.0872. The molecule has 0 aromatic heterocycles. The van der Waals surface area contributed by atoms with Crippen LogP contribution in [0, 0.1) is 5.41 Å². The Labute approximate surface area is 118 Å². The first kappa shape index (κ1) is 16.9. The van der Waals surface area contributed by atoms with Crippen molar-refractivity contribution in [2.45, 2.75) is 59.2 Å². The number of aliphatic hydroxyl groups is 1. The van der Waals surface area contributed by atoms with Crippen LogP contribution in [0.25, 0.3) is 0 Å². The second-order valence-corrected chi connectivity index (χ2v) is 6.62. The topological polar surface area (TPSA) is 44.7 Å². The highest BCUT2D eigenvalue weighted by Gasteiger charge is 2.32. The van der Waals surface area contributed by atoms with Crippen LogP contribution >= 0.6 is 0 Å². The molecule has 0 aromatic carbocycles. The Bertz CT molecular complexity index is 261. The van der Waals surface area contributed by atoms with E-state index in [1.807, 2.05) is 0 Å². The molecule has 4 heteroatoms. The Morgan fingerprint density at radius 1 is 1.47 bits per heavy atom. The third-order valence-electron chi connectivity index (χ3n) is 4.21. The van der Waals surface area contributed by atoms with Crippen LogP contribution in [0.5, 0.6) is 0 Å². The van der Waals surface area contributed by atoms with Gasteiger partial charge in [0.15, 0.2) is 0 Å². The van der Waals surface area contributed by atoms with Gasteiger partial charge in [-0.1, -0.05) is 27.7 Å². The quantitative estimate of drug-likeness (QED) is 0.737. The minimum atomic E-state index is -0.0182. The third-order valence-corrected chi connectivity index (χ3v) is 4.21. The van der Waals surface area contributed by atoms with Gasteiger partial charge in [0, 0.05) is 31.7 Å². The van der Waals surface area contributed by atoms with Crippen molar-refractivity contribution in [2.75, 3.05) is 32.8 Å². The summed E-state index contributed by atoms with van der Waals surface area (Å²) < 4.78 is 5.61. The summed E-state index contributed by atoms with van der Waals surface area (Å²) >= 11 is 0. The zero-order valence-electron chi connectivity index (χ0n) is 13.3. The number of nitrogens with zero attached hydrogens (tertiary/aromatic N) is 1. The number of nitrogens with one attached hydrogen (secondary N) is 1. The van der Waals surface area contributed by atoms with E-state index in [2.05, 4.69) is 44.8 Å². The fraction of sp³-hybridized carbons (Fsp3) is 1.00. The van der Waals surface area contributed by atoms with Gasteiger partial charge >= 0.3 is 0 Å². The smallest absolute Gasteiger partial charge is 0.0933 e. The van der Waals surface area contributed by atoms with Gasteiger partial charge in [-0.3, -0.25) is 4.90 Å². The summed E-state index contributed by atoms with van der Waals surface area (Å²) in [4.78, 5) is 2.47. The van der Waals surface area contributed by atoms with Crippen molar-refractivity contribution >= 4 is 0 Å². The summed E-state index contributed by atoms with van der Waals surface area (Å²) in [5.74, 6) is 0. The molecule has 1 fully saturated rings. The second kappa shape index (κ2) is 7.58. The number of hydrogen-bond donors (Lipinski definition) is 2. The largest absolute Gasteiger partial charge is 0.394 e. The van der Waals surface area contributed by atoms with Crippen LogP contribution in [0.2, 0.25) is 0 Å². The standard InChI is InChI=1S/C15H32N2O2/c1-6-15(5,10-16-12(2)3)11-17-7-14(8-18)19-9-13(17)4/h12-14,16,18H,6-11H2,1-5H3. The van der Waals surface area contributed by atoms with Crippen LogP contribution in [-0.2, 0) is 4.74 Å². The van der Waals surface area contributed by atoms with Crippen LogP contribution in [0.4, 0.5) is 0 Å². The van der Waals surface area contributed by atoms with Crippen molar-refractivity contribution in [1.29, 1.82) is 0 Å². The SMILES string of the molecule is CCC(C)(CNC(C)C)CN1CC(CO)OCC1C. The molecule has 0 radical (unpaired) electrons. The Hall–Kier alpha value is -0.160. The Kier molecular flexibility index (Phi) is 6.74. The maximum absolute atomic E-state index is 9.26. The molecule has 1 saturated heterocycles. The van der Waals surface area contributed by atoms with Crippen LogP contribution in [0.1, 0.15) is 41.0 Å². The van der Waals surface area contributed by atoms with Crippen molar-refractivity contribution in [3.05, 3.63) is 0 Å². The van der Waals surface area contributed by atoms with E-state index in [9.17, 15) is 5.11 Å². The first-order valence-corrected chi connectivity index (χ1v) is 7.60. The van der Waals surface area contributed by atoms with E-state index in [-0.39, 0.29) is 18.1 Å². The molecule has 0 bridgehead atoms. The van der Waals surface area contributed by atoms with Crippen molar-refractivity contribution in [3.63, 3.8) is 0 Å². The van der Waals surface area contributed by atoms with Crippen LogP contribution < -0.4 is 5.32 Å². The third kappa shape index (κ3) is 5.38. The maximum atomic E-state index is 9.26. The molecule has 3 unspecified atom stereocenters. The molecular weight excluding hydrogens is 240 g/mol. The fourth-order valence-corrected chi connectivity index (χ4v) is 2.44. The minimum Gasteiger partial charge on any atom is -0.394 e. The number of morpholine rings is 1. The van der Waals surface area contributed by atoms with Crippen LogP contribution in [0.15, 0.2) is 0 Å². The van der Waals surface area contributed by atoms with Gasteiger partial charge in [0.2, 0.25) is 0 Å². The molecule has 0 saturated carbocycles. The molecular formula is C15H32N2O2. The summed E-state index contributed by atoms with van der Waals surface area (Å²) in [6, 6.07) is 0.964. The van der Waals surface area contributed by atoms with Crippen molar-refractivity contribution in [2.24, 2.45) is 5.41 Å². The Balaban J connectivity index is 2.56. The zero-order valence-corrected chi connectivity index (χ0v) is 13.3. The molecule has 0 aromatic rings. The number of ether oxygens (including phenoxy) is 1. The van der Waals surface area contributed by atoms with Gasteiger partial charge in [0.1, 0.15) is 0 Å². The van der Waals surface area contributed by atoms with Gasteiger partial charge < -0.3 is 15.2 Å². The van der Waals surface area contributed by atoms with Crippen molar-refractivity contribution in [1.82, 2.24) is 10.2 Å². The summed E-state index contributed by atoms with van der Waals surface area (Å²) in [6.07, 6.45) is 1.14. The van der Waals surface area contributed by atoms with E-state index in [4.69, 9.17) is 4.74 Å². The first-order chi connectivity index (χ1) is 8.90. The molecule has 1 rings (SSSR count). The summed E-state index contributed by atoms with van der Waals surface area (Å²) in [7, 11) is 0. The number of aliphatic hydroxyl groups excluding tert-OH is 1. The van der Waals surface area contributed by atoms with Gasteiger partial charge in [-0.25, -0.2) is 0 Å². The zero-order chi connectivity index (χ0) is 14.5. The Morgan fingerprint density at radius 3 is 2.68 bits per heavy atom. The molecule has 0 amide bonds. The molecule has 1 aliphatic heterocycles. The molecule has 0 spiro atoms. The molecule has 114 valence electrons. The average molecular weight is 272 g/mol. The molecule has 0 aliphatic carbocycles. The van der Waals surface area contributed by atoms with Crippen LogP contribution in [-0.4, -0.2) is 61.0 Å². The average Bonchev–Trinajstić information content (AvgIpc) is 2.39. The fourth-order valence-electron chi connectivity index (χ4n) is 2.44. The van der Waals surface area contributed by atoms with Gasteiger partial charge in [0.25, 0.3) is 0 Å². The molecule has 1 heterocycles. The van der Waals surface area contributed by atoms with Crippen molar-refractivity contribution in [3.8, 4) is 0 Å². The van der Waals surface area contributed by atoms with Gasteiger partial charge in [-0.15, -0.1) is 0 Å². The molecule has 3 atom stereocenters. The van der Waals surface area contributed by atoms with Gasteiger partial charge in [-0.05, 0) is 18.8 Å². The normalized spacial score (nSPS) is 28.6. The highest BCUT2D eigenvalue weighted by Crippen LogP contribution is 2.25. The van der Waals surface area contributed by atoms with Gasteiger partial charge in [-0.2, -0.15) is 0 Å². The van der Waals surface area contributed by atoms with Crippen molar-refractivity contribution < 1.29 is 9.84 Å². The lowest BCUT2D eigenvalue weighted by Crippen LogP contribution is -2.54. The highest BCUT2D eigenvalue weighted by atomic mass is 16.5. The number of hydrogen-bond acceptors (Lipinski definition) is 4. The second-order valence-electron chi connectivity index (χ2n) is 6.62. The Morgan fingerprint density at radius 2 is 2.16 bits per heavy atom. The first-order valence-electron chi connectivity index (χ1n) is 7.60. The van der Waals surface area contributed by atoms with E-state index in [1.54, 1.807) is 0 Å². The van der Waals surface area contributed by atoms with E-state index in [0.29, 0.717) is 12.1 Å².